The molecule has 0 spiro atoms. The molecule has 1 aromatic rings. The van der Waals surface area contributed by atoms with Crippen LogP contribution in [-0.2, 0) is 6.42 Å². The first-order chi connectivity index (χ1) is 7.66. The summed E-state index contributed by atoms with van der Waals surface area (Å²) in [6.07, 6.45) is 0.735. The maximum atomic E-state index is 13.4. The zero-order valence-electron chi connectivity index (χ0n) is 8.92. The first-order valence-electron chi connectivity index (χ1n) is 5.49. The van der Waals surface area contributed by atoms with Gasteiger partial charge in [0.15, 0.2) is 0 Å². The minimum absolute atomic E-state index is 0.00807. The van der Waals surface area contributed by atoms with Crippen molar-refractivity contribution in [2.45, 2.75) is 18.9 Å². The Balaban J connectivity index is 2.07. The summed E-state index contributed by atoms with van der Waals surface area (Å²) in [6, 6.07) is 3.59. The van der Waals surface area contributed by atoms with Gasteiger partial charge in [-0.15, -0.1) is 0 Å². The van der Waals surface area contributed by atoms with Crippen LogP contribution in [0.15, 0.2) is 18.2 Å². The van der Waals surface area contributed by atoms with E-state index in [0.29, 0.717) is 24.9 Å². The maximum Gasteiger partial charge on any atom is 0.129 e. The summed E-state index contributed by atoms with van der Waals surface area (Å²) in [6.45, 7) is 1.47. The molecule has 2 rings (SSSR count). The molecule has 88 valence electrons. The van der Waals surface area contributed by atoms with Gasteiger partial charge in [-0.3, -0.25) is 0 Å². The van der Waals surface area contributed by atoms with Crippen molar-refractivity contribution in [3.63, 3.8) is 0 Å². The number of halogens is 2. The van der Waals surface area contributed by atoms with Gasteiger partial charge in [0.2, 0.25) is 0 Å². The third-order valence-electron chi connectivity index (χ3n) is 3.06. The number of hydrogen-bond acceptors (Lipinski definition) is 2. The number of piperidine rings is 1. The van der Waals surface area contributed by atoms with Gasteiger partial charge in [0, 0.05) is 18.5 Å². The Morgan fingerprint density at radius 3 is 2.88 bits per heavy atom. The second-order valence-corrected chi connectivity index (χ2v) is 4.26. The molecular weight excluding hydrogens is 212 g/mol. The molecule has 2 N–H and O–H groups in total. The van der Waals surface area contributed by atoms with Crippen LogP contribution in [0.3, 0.4) is 0 Å². The van der Waals surface area contributed by atoms with E-state index in [1.54, 1.807) is 0 Å². The van der Waals surface area contributed by atoms with Gasteiger partial charge < -0.3 is 10.4 Å². The Morgan fingerprint density at radius 1 is 1.38 bits per heavy atom. The molecule has 4 heteroatoms. The van der Waals surface area contributed by atoms with Crippen molar-refractivity contribution >= 4 is 0 Å². The topological polar surface area (TPSA) is 32.3 Å². The second kappa shape index (κ2) is 4.89. The lowest BCUT2D eigenvalue weighted by Gasteiger charge is -2.28. The number of aliphatic hydroxyl groups excluding tert-OH is 1. The molecule has 0 aliphatic carbocycles. The van der Waals surface area contributed by atoms with Gasteiger partial charge in [0.1, 0.15) is 11.6 Å². The summed E-state index contributed by atoms with van der Waals surface area (Å²) < 4.78 is 26.1. The van der Waals surface area contributed by atoms with Crippen molar-refractivity contribution in [1.82, 2.24) is 5.32 Å². The number of nitrogens with one attached hydrogen (secondary N) is 1. The molecule has 0 amide bonds. The van der Waals surface area contributed by atoms with E-state index in [1.807, 2.05) is 0 Å². The Hall–Kier alpha value is -1.00. The van der Waals surface area contributed by atoms with Crippen LogP contribution in [0, 0.1) is 17.6 Å². The van der Waals surface area contributed by atoms with Gasteiger partial charge in [-0.05, 0) is 31.0 Å². The number of hydrogen-bond donors (Lipinski definition) is 2. The Morgan fingerprint density at radius 2 is 2.19 bits per heavy atom. The monoisotopic (exact) mass is 227 g/mol. The van der Waals surface area contributed by atoms with Crippen LogP contribution in [0.5, 0.6) is 0 Å². The molecule has 0 radical (unpaired) electrons. The predicted octanol–water partition coefficient (Wildman–Crippen LogP) is 1.48. The molecule has 1 heterocycles. The molecule has 0 aromatic heterocycles. The minimum atomic E-state index is -0.566. The Bertz CT molecular complexity index is 370. The molecule has 1 aromatic carbocycles. The van der Waals surface area contributed by atoms with Gasteiger partial charge in [-0.1, -0.05) is 6.07 Å². The Labute approximate surface area is 93.3 Å². The molecule has 2 nitrogen and oxygen atoms in total. The molecule has 2 atom stereocenters. The highest BCUT2D eigenvalue weighted by Crippen LogP contribution is 2.19. The lowest BCUT2D eigenvalue weighted by Crippen LogP contribution is -2.41. The average molecular weight is 227 g/mol. The number of rotatable bonds is 2. The maximum absolute atomic E-state index is 13.4. The zero-order valence-corrected chi connectivity index (χ0v) is 8.92. The van der Waals surface area contributed by atoms with E-state index in [0.717, 1.165) is 12.6 Å². The molecule has 1 saturated heterocycles. The summed E-state index contributed by atoms with van der Waals surface area (Å²) in [7, 11) is 0. The van der Waals surface area contributed by atoms with Crippen LogP contribution in [-0.4, -0.2) is 24.3 Å². The summed E-state index contributed by atoms with van der Waals surface area (Å²) in [5.74, 6) is -1.09. The van der Waals surface area contributed by atoms with Crippen molar-refractivity contribution in [2.75, 3.05) is 13.1 Å². The van der Waals surface area contributed by atoms with E-state index in [-0.39, 0.29) is 5.92 Å². The highest BCUT2D eigenvalue weighted by Gasteiger charge is 2.23. The quantitative estimate of drug-likeness (QED) is 0.802. The molecule has 0 saturated carbocycles. The van der Waals surface area contributed by atoms with Gasteiger partial charge >= 0.3 is 0 Å². The lowest BCUT2D eigenvalue weighted by atomic mass is 9.89. The van der Waals surface area contributed by atoms with E-state index in [2.05, 4.69) is 5.32 Å². The normalized spacial score (nSPS) is 25.7. The minimum Gasteiger partial charge on any atom is -0.393 e. The van der Waals surface area contributed by atoms with Crippen LogP contribution < -0.4 is 5.32 Å². The van der Waals surface area contributed by atoms with Crippen molar-refractivity contribution in [2.24, 2.45) is 5.92 Å². The van der Waals surface area contributed by atoms with E-state index in [4.69, 9.17) is 0 Å². The summed E-state index contributed by atoms with van der Waals surface area (Å²) in [5.41, 5.74) is 0.467. The van der Waals surface area contributed by atoms with Gasteiger partial charge in [-0.25, -0.2) is 8.78 Å². The fourth-order valence-electron chi connectivity index (χ4n) is 2.09. The summed E-state index contributed by atoms with van der Waals surface area (Å²) in [4.78, 5) is 0. The molecule has 1 aliphatic heterocycles. The fourth-order valence-corrected chi connectivity index (χ4v) is 2.09. The van der Waals surface area contributed by atoms with Crippen molar-refractivity contribution in [3.8, 4) is 0 Å². The lowest BCUT2D eigenvalue weighted by molar-refractivity contribution is 0.0787. The van der Waals surface area contributed by atoms with Crippen molar-refractivity contribution in [3.05, 3.63) is 35.4 Å². The van der Waals surface area contributed by atoms with Crippen LogP contribution >= 0.6 is 0 Å². The van der Waals surface area contributed by atoms with Gasteiger partial charge in [-0.2, -0.15) is 0 Å². The van der Waals surface area contributed by atoms with E-state index in [1.165, 1.54) is 12.1 Å². The molecule has 2 unspecified atom stereocenters. The first-order valence-corrected chi connectivity index (χ1v) is 5.49. The second-order valence-electron chi connectivity index (χ2n) is 4.26. The van der Waals surface area contributed by atoms with Crippen molar-refractivity contribution < 1.29 is 13.9 Å². The number of benzene rings is 1. The van der Waals surface area contributed by atoms with Crippen LogP contribution in [0.25, 0.3) is 0 Å². The van der Waals surface area contributed by atoms with Crippen molar-refractivity contribution in [1.29, 1.82) is 0 Å². The predicted molar refractivity (Wildman–Crippen MR) is 57.0 cm³/mol. The summed E-state index contributed by atoms with van der Waals surface area (Å²) in [5, 5.41) is 12.9. The fraction of sp³-hybridized carbons (Fsp3) is 0.500. The summed E-state index contributed by atoms with van der Waals surface area (Å²) >= 11 is 0. The first kappa shape index (κ1) is 11.5. The highest BCUT2D eigenvalue weighted by atomic mass is 19.1. The largest absolute Gasteiger partial charge is 0.393 e. The Kier molecular flexibility index (Phi) is 3.51. The third-order valence-corrected chi connectivity index (χ3v) is 3.06. The standard InChI is InChI=1S/C12H15F2NO/c13-10-2-1-8(11(14)6-10)5-9-7-15-4-3-12(9)16/h1-2,6,9,12,15-16H,3-5,7H2. The SMILES string of the molecule is OC1CCNCC1Cc1ccc(F)cc1F. The molecular formula is C12H15F2NO. The van der Waals surface area contributed by atoms with E-state index in [9.17, 15) is 13.9 Å². The highest BCUT2D eigenvalue weighted by molar-refractivity contribution is 5.19. The molecule has 1 aliphatic rings. The molecule has 16 heavy (non-hydrogen) atoms. The molecule has 1 fully saturated rings. The van der Waals surface area contributed by atoms with Gasteiger partial charge in [0.05, 0.1) is 6.10 Å². The van der Waals surface area contributed by atoms with Crippen LogP contribution in [0.1, 0.15) is 12.0 Å². The smallest absolute Gasteiger partial charge is 0.129 e. The average Bonchev–Trinajstić information content (AvgIpc) is 2.25. The van der Waals surface area contributed by atoms with Gasteiger partial charge in [0.25, 0.3) is 0 Å². The third kappa shape index (κ3) is 2.57. The van der Waals surface area contributed by atoms with Crippen LogP contribution in [0.4, 0.5) is 8.78 Å². The van der Waals surface area contributed by atoms with Crippen LogP contribution in [0.2, 0.25) is 0 Å². The van der Waals surface area contributed by atoms with E-state index >= 15 is 0 Å². The zero-order chi connectivity index (χ0) is 11.5. The number of aliphatic hydroxyl groups is 1. The van der Waals surface area contributed by atoms with E-state index < -0.39 is 17.7 Å². The molecule has 0 bridgehead atoms.